The molecule has 0 aliphatic rings. The molecule has 1 unspecified atom stereocenters. The van der Waals surface area contributed by atoms with Crippen LogP contribution in [0, 0.1) is 0 Å². The Balaban J connectivity index is 5.28. The van der Waals surface area contributed by atoms with Gasteiger partial charge in [0.2, 0.25) is 0 Å². The molecule has 138 valence electrons. The quantitative estimate of drug-likeness (QED) is 0.577. The van der Waals surface area contributed by atoms with E-state index >= 15 is 0 Å². The molecule has 0 aromatic rings. The van der Waals surface area contributed by atoms with Gasteiger partial charge in [-0.15, -0.1) is 0 Å². The molecule has 0 saturated carbocycles. The van der Waals surface area contributed by atoms with Crippen LogP contribution in [0.2, 0.25) is 0 Å². The van der Waals surface area contributed by atoms with Gasteiger partial charge in [-0.05, 0) is 48.0 Å². The summed E-state index contributed by atoms with van der Waals surface area (Å²) < 4.78 is 23.2. The van der Waals surface area contributed by atoms with Crippen LogP contribution >= 0.6 is 0 Å². The van der Waals surface area contributed by atoms with E-state index in [1.165, 1.54) is 0 Å². The SMILES string of the molecule is CCCCC(NC(=O)OC(C)(C)C)[Si](OCC)(OCC)OCC. The molecule has 6 nitrogen and oxygen atoms in total. The number of alkyl carbamates (subject to hydrolysis) is 1. The number of hydrogen-bond donors (Lipinski definition) is 1. The van der Waals surface area contributed by atoms with Crippen molar-refractivity contribution in [2.75, 3.05) is 19.8 Å². The van der Waals surface area contributed by atoms with Gasteiger partial charge in [-0.25, -0.2) is 4.79 Å². The maximum absolute atomic E-state index is 12.2. The fourth-order valence-corrected chi connectivity index (χ4v) is 5.14. The van der Waals surface area contributed by atoms with Crippen molar-refractivity contribution >= 4 is 14.9 Å². The summed E-state index contributed by atoms with van der Waals surface area (Å²) in [5, 5.41) is 2.93. The molecule has 0 saturated heterocycles. The van der Waals surface area contributed by atoms with E-state index in [2.05, 4.69) is 12.2 Å². The van der Waals surface area contributed by atoms with E-state index in [-0.39, 0.29) is 5.67 Å². The van der Waals surface area contributed by atoms with Crippen LogP contribution in [0.15, 0.2) is 0 Å². The Bertz CT molecular complexity index is 316. The molecule has 0 aromatic carbocycles. The van der Waals surface area contributed by atoms with Gasteiger partial charge in [-0.3, -0.25) is 0 Å². The van der Waals surface area contributed by atoms with Crippen molar-refractivity contribution in [3.8, 4) is 0 Å². The first-order chi connectivity index (χ1) is 10.7. The first-order valence-electron chi connectivity index (χ1n) is 8.65. The van der Waals surface area contributed by atoms with Gasteiger partial charge in [0.15, 0.2) is 0 Å². The predicted octanol–water partition coefficient (Wildman–Crippen LogP) is 3.66. The summed E-state index contributed by atoms with van der Waals surface area (Å²) in [4.78, 5) is 12.2. The third-order valence-corrected chi connectivity index (χ3v) is 6.36. The lowest BCUT2D eigenvalue weighted by atomic mass is 10.2. The van der Waals surface area contributed by atoms with Crippen molar-refractivity contribution in [3.05, 3.63) is 0 Å². The van der Waals surface area contributed by atoms with Crippen molar-refractivity contribution in [2.24, 2.45) is 0 Å². The number of hydrogen-bond acceptors (Lipinski definition) is 5. The smallest absolute Gasteiger partial charge is 0.444 e. The zero-order chi connectivity index (χ0) is 17.9. The Hall–Kier alpha value is -0.633. The van der Waals surface area contributed by atoms with Gasteiger partial charge in [0.05, 0.1) is 0 Å². The number of nitrogens with one attached hydrogen (secondary N) is 1. The Labute approximate surface area is 142 Å². The summed E-state index contributed by atoms with van der Waals surface area (Å²) in [5.74, 6) is 0. The summed E-state index contributed by atoms with van der Waals surface area (Å²) in [6, 6.07) is 0. The first-order valence-corrected chi connectivity index (χ1v) is 10.5. The molecule has 23 heavy (non-hydrogen) atoms. The number of carbonyl (C=O) groups is 1. The van der Waals surface area contributed by atoms with Crippen LogP contribution in [0.4, 0.5) is 4.79 Å². The molecule has 1 amide bonds. The number of amides is 1. The van der Waals surface area contributed by atoms with Crippen molar-refractivity contribution in [2.45, 2.75) is 79.0 Å². The molecule has 0 aromatic heterocycles. The van der Waals surface area contributed by atoms with Crippen molar-refractivity contribution in [3.63, 3.8) is 0 Å². The van der Waals surface area contributed by atoms with E-state index in [0.29, 0.717) is 19.8 Å². The standard InChI is InChI=1S/C16H35NO5Si/c1-8-12-13-14(17-15(18)22-16(5,6)7)23(19-9-2,20-10-3)21-11-4/h14H,8-13H2,1-7H3,(H,17,18). The summed E-state index contributed by atoms with van der Waals surface area (Å²) in [7, 11) is -3.01. The largest absolute Gasteiger partial charge is 0.524 e. The highest BCUT2D eigenvalue weighted by Gasteiger charge is 2.50. The summed E-state index contributed by atoms with van der Waals surface area (Å²) in [5.41, 5.74) is -0.857. The molecule has 0 bridgehead atoms. The number of unbranched alkanes of at least 4 members (excludes halogenated alkanes) is 1. The van der Waals surface area contributed by atoms with Gasteiger partial charge in [-0.1, -0.05) is 19.8 Å². The number of carbonyl (C=O) groups excluding carboxylic acids is 1. The average molecular weight is 350 g/mol. The highest BCUT2D eigenvalue weighted by molar-refractivity contribution is 6.62. The summed E-state index contributed by atoms with van der Waals surface area (Å²) in [6.07, 6.45) is 2.24. The minimum absolute atomic E-state index is 0.308. The second-order valence-electron chi connectivity index (χ2n) is 6.24. The summed E-state index contributed by atoms with van der Waals surface area (Å²) >= 11 is 0. The topological polar surface area (TPSA) is 66.0 Å². The molecule has 0 aliphatic carbocycles. The van der Waals surface area contributed by atoms with Crippen LogP contribution in [0.1, 0.15) is 67.7 Å². The van der Waals surface area contributed by atoms with Gasteiger partial charge < -0.3 is 23.3 Å². The Morgan fingerprint density at radius 2 is 1.48 bits per heavy atom. The predicted molar refractivity (Wildman–Crippen MR) is 93.3 cm³/mol. The molecule has 0 spiro atoms. The normalized spacial score (nSPS) is 13.7. The van der Waals surface area contributed by atoms with E-state index in [1.54, 1.807) is 0 Å². The monoisotopic (exact) mass is 349 g/mol. The third-order valence-electron chi connectivity index (χ3n) is 3.00. The molecular formula is C16H35NO5Si. The van der Waals surface area contributed by atoms with Gasteiger partial charge in [0.25, 0.3) is 0 Å². The van der Waals surface area contributed by atoms with Gasteiger partial charge in [-0.2, -0.15) is 0 Å². The van der Waals surface area contributed by atoms with Crippen LogP contribution in [0.3, 0.4) is 0 Å². The number of rotatable bonds is 11. The Kier molecular flexibility index (Phi) is 10.7. The molecule has 7 heteroatoms. The zero-order valence-corrected chi connectivity index (χ0v) is 16.9. The third kappa shape index (κ3) is 8.69. The van der Waals surface area contributed by atoms with Crippen molar-refractivity contribution < 1.29 is 22.8 Å². The zero-order valence-electron chi connectivity index (χ0n) is 15.9. The lowest BCUT2D eigenvalue weighted by Crippen LogP contribution is -2.63. The second kappa shape index (κ2) is 11.0. The van der Waals surface area contributed by atoms with Crippen LogP contribution in [-0.4, -0.2) is 46.0 Å². The van der Waals surface area contributed by atoms with Gasteiger partial charge >= 0.3 is 14.9 Å². The van der Waals surface area contributed by atoms with Gasteiger partial charge in [0.1, 0.15) is 11.3 Å². The first kappa shape index (κ1) is 22.4. The molecular weight excluding hydrogens is 314 g/mol. The lowest BCUT2D eigenvalue weighted by Gasteiger charge is -2.36. The Morgan fingerprint density at radius 3 is 1.83 bits per heavy atom. The van der Waals surface area contributed by atoms with Crippen molar-refractivity contribution in [1.82, 2.24) is 5.32 Å². The lowest BCUT2D eigenvalue weighted by molar-refractivity contribution is 0.0368. The molecule has 0 radical (unpaired) electrons. The van der Waals surface area contributed by atoms with Crippen molar-refractivity contribution in [1.29, 1.82) is 0 Å². The van der Waals surface area contributed by atoms with Crippen LogP contribution in [-0.2, 0) is 18.0 Å². The highest BCUT2D eigenvalue weighted by Crippen LogP contribution is 2.20. The average Bonchev–Trinajstić information content (AvgIpc) is 2.42. The maximum Gasteiger partial charge on any atom is 0.524 e. The van der Waals surface area contributed by atoms with E-state index < -0.39 is 20.5 Å². The van der Waals surface area contributed by atoms with Crippen LogP contribution in [0.5, 0.6) is 0 Å². The molecule has 0 rings (SSSR count). The fraction of sp³-hybridized carbons (Fsp3) is 0.938. The number of ether oxygens (including phenoxy) is 1. The fourth-order valence-electron chi connectivity index (χ4n) is 2.23. The molecule has 0 aliphatic heterocycles. The molecule has 0 fully saturated rings. The van der Waals surface area contributed by atoms with Crippen LogP contribution < -0.4 is 5.32 Å². The minimum Gasteiger partial charge on any atom is -0.444 e. The van der Waals surface area contributed by atoms with E-state index in [4.69, 9.17) is 18.0 Å². The van der Waals surface area contributed by atoms with Gasteiger partial charge in [0, 0.05) is 19.8 Å². The minimum atomic E-state index is -3.01. The molecule has 1 atom stereocenters. The maximum atomic E-state index is 12.2. The molecule has 1 N–H and O–H groups in total. The van der Waals surface area contributed by atoms with Crippen LogP contribution in [0.25, 0.3) is 0 Å². The Morgan fingerprint density at radius 1 is 1.00 bits per heavy atom. The van der Waals surface area contributed by atoms with E-state index in [9.17, 15) is 4.79 Å². The molecule has 0 heterocycles. The van der Waals surface area contributed by atoms with E-state index in [0.717, 1.165) is 19.3 Å². The summed E-state index contributed by atoms with van der Waals surface area (Å²) in [6.45, 7) is 14.8. The van der Waals surface area contributed by atoms with E-state index in [1.807, 2.05) is 41.5 Å². The highest BCUT2D eigenvalue weighted by atomic mass is 28.4. The second-order valence-corrected chi connectivity index (χ2v) is 9.01.